The second-order valence-electron chi connectivity index (χ2n) is 10.9. The van der Waals surface area contributed by atoms with Gasteiger partial charge in [-0.05, 0) is 65.1 Å². The van der Waals surface area contributed by atoms with E-state index in [-0.39, 0.29) is 24.4 Å². The van der Waals surface area contributed by atoms with E-state index in [1.165, 1.54) is 0 Å². The number of hydrogen-bond donors (Lipinski definition) is 2. The number of hydrogen-bond acceptors (Lipinski definition) is 6. The Morgan fingerprint density at radius 2 is 1.83 bits per heavy atom. The molecule has 3 N–H and O–H groups in total. The van der Waals surface area contributed by atoms with E-state index in [0.717, 1.165) is 62.6 Å². The van der Waals surface area contributed by atoms with Gasteiger partial charge in [0, 0.05) is 11.9 Å². The molecule has 36 heavy (non-hydrogen) atoms. The van der Waals surface area contributed by atoms with Gasteiger partial charge in [0.05, 0.1) is 17.2 Å². The van der Waals surface area contributed by atoms with Crippen LogP contribution in [0.2, 0.25) is 0 Å². The van der Waals surface area contributed by atoms with Crippen LogP contribution >= 0.6 is 9.39 Å². The lowest BCUT2D eigenvalue weighted by atomic mass is 9.80. The molecule has 9 heteroatoms. The summed E-state index contributed by atoms with van der Waals surface area (Å²) in [5.74, 6) is 0.469. The molecule has 1 aliphatic heterocycles. The molecule has 1 saturated heterocycles. The van der Waals surface area contributed by atoms with Gasteiger partial charge in [0.15, 0.2) is 0 Å². The Morgan fingerprint density at radius 3 is 2.47 bits per heavy atom. The van der Waals surface area contributed by atoms with Crippen molar-refractivity contribution in [2.75, 3.05) is 12.3 Å². The van der Waals surface area contributed by atoms with E-state index < -0.39 is 0 Å². The fourth-order valence-corrected chi connectivity index (χ4v) is 4.94. The lowest BCUT2D eigenvalue weighted by Crippen LogP contribution is -2.41. The maximum absolute atomic E-state index is 9.99. The molecule has 196 valence electrons. The van der Waals surface area contributed by atoms with Crippen molar-refractivity contribution in [3.05, 3.63) is 35.4 Å². The summed E-state index contributed by atoms with van der Waals surface area (Å²) in [7, 11) is 2.24. The number of nitrogens with two attached hydrogens (primary N) is 1. The fraction of sp³-hybridized carbons (Fsp3) is 0.630. The first-order chi connectivity index (χ1) is 17.1. The molecule has 2 unspecified atom stereocenters. The Hall–Kier alpha value is -1.91. The first kappa shape index (κ1) is 28.7. The van der Waals surface area contributed by atoms with Crippen molar-refractivity contribution in [3.63, 3.8) is 0 Å². The number of rotatable bonds is 13. The summed E-state index contributed by atoms with van der Waals surface area (Å²) in [4.78, 5) is 0. The number of unbranched alkanes of at least 4 members (excludes halogenated alkanes) is 3. The van der Waals surface area contributed by atoms with Crippen molar-refractivity contribution in [1.29, 1.82) is 5.26 Å². The van der Waals surface area contributed by atoms with E-state index in [2.05, 4.69) is 67.3 Å². The van der Waals surface area contributed by atoms with Gasteiger partial charge < -0.3 is 20.1 Å². The zero-order valence-corrected chi connectivity index (χ0v) is 23.8. The highest BCUT2D eigenvalue weighted by Crippen LogP contribution is 2.38. The van der Waals surface area contributed by atoms with Gasteiger partial charge in [-0.3, -0.25) is 0 Å². The third-order valence-electron chi connectivity index (χ3n) is 7.56. The van der Waals surface area contributed by atoms with Crippen LogP contribution in [0.5, 0.6) is 0 Å². The second kappa shape index (κ2) is 12.6. The van der Waals surface area contributed by atoms with E-state index in [4.69, 9.17) is 20.1 Å². The topological polar surface area (TPSA) is 98.1 Å². The van der Waals surface area contributed by atoms with Crippen molar-refractivity contribution in [3.8, 4) is 17.3 Å². The first-order valence-corrected chi connectivity index (χ1v) is 13.9. The zero-order chi connectivity index (χ0) is 26.3. The molecule has 2 aromatic rings. The number of nitriles is 1. The third kappa shape index (κ3) is 6.69. The van der Waals surface area contributed by atoms with Crippen LogP contribution in [0.4, 0.5) is 5.82 Å². The minimum absolute atomic E-state index is 0.197. The highest BCUT2D eigenvalue weighted by molar-refractivity contribution is 7.13. The molecule has 3 rings (SSSR count). The summed E-state index contributed by atoms with van der Waals surface area (Å²) in [5, 5.41) is 18.0. The number of nitrogen functional groups attached to an aromatic ring is 1. The molecule has 0 amide bonds. The Labute approximate surface area is 219 Å². The zero-order valence-electron chi connectivity index (χ0n) is 22.6. The molecule has 0 aliphatic carbocycles. The molecule has 1 aromatic carbocycles. The molecular formula is C27H43BN5O2P. The minimum atomic E-state index is -0.365. The van der Waals surface area contributed by atoms with E-state index in [0.29, 0.717) is 23.4 Å². The van der Waals surface area contributed by atoms with Crippen molar-refractivity contribution < 1.29 is 9.31 Å². The van der Waals surface area contributed by atoms with Gasteiger partial charge in [-0.25, -0.2) is 4.68 Å². The molecule has 7 nitrogen and oxygen atoms in total. The number of aromatic nitrogens is 2. The predicted octanol–water partition coefficient (Wildman–Crippen LogP) is 5.85. The van der Waals surface area contributed by atoms with Crippen LogP contribution in [0.15, 0.2) is 24.3 Å². The van der Waals surface area contributed by atoms with E-state index >= 15 is 0 Å². The Morgan fingerprint density at radius 1 is 1.14 bits per heavy atom. The van der Waals surface area contributed by atoms with Crippen LogP contribution < -0.4 is 10.8 Å². The average Bonchev–Trinajstić information content (AvgIpc) is 3.26. The van der Waals surface area contributed by atoms with Crippen LogP contribution in [0.3, 0.4) is 0 Å². The van der Waals surface area contributed by atoms with Gasteiger partial charge in [0.1, 0.15) is 23.1 Å². The van der Waals surface area contributed by atoms with Gasteiger partial charge in [0.25, 0.3) is 0 Å². The van der Waals surface area contributed by atoms with Gasteiger partial charge in [-0.1, -0.05) is 60.2 Å². The van der Waals surface area contributed by atoms with Crippen LogP contribution in [0.1, 0.15) is 96.7 Å². The van der Waals surface area contributed by atoms with E-state index in [1.807, 2.05) is 16.8 Å². The van der Waals surface area contributed by atoms with Crippen molar-refractivity contribution in [1.82, 2.24) is 14.9 Å². The maximum atomic E-state index is 9.99. The monoisotopic (exact) mass is 511 g/mol. The minimum Gasteiger partial charge on any atom is -0.403 e. The molecule has 2 heterocycles. The summed E-state index contributed by atoms with van der Waals surface area (Å²) in [5.41, 5.74) is 8.88. The lowest BCUT2D eigenvalue weighted by Gasteiger charge is -2.32. The predicted molar refractivity (Wildman–Crippen MR) is 151 cm³/mol. The third-order valence-corrected chi connectivity index (χ3v) is 7.85. The summed E-state index contributed by atoms with van der Waals surface area (Å²) < 4.78 is 14.3. The summed E-state index contributed by atoms with van der Waals surface area (Å²) in [6.45, 7) is 11.4. The fourth-order valence-electron chi connectivity index (χ4n) is 4.74. The summed E-state index contributed by atoms with van der Waals surface area (Å²) in [6, 6.07) is 10.7. The second-order valence-corrected chi connectivity index (χ2v) is 11.3. The maximum Gasteiger partial charge on any atom is 0.462 e. The molecule has 2 atom stereocenters. The summed E-state index contributed by atoms with van der Waals surface area (Å²) in [6.07, 6.45) is 8.29. The van der Waals surface area contributed by atoms with E-state index in [1.54, 1.807) is 0 Å². The average molecular weight is 511 g/mol. The highest BCUT2D eigenvalue weighted by atomic mass is 31.0. The van der Waals surface area contributed by atoms with Crippen LogP contribution in [-0.4, -0.2) is 34.6 Å². The smallest absolute Gasteiger partial charge is 0.403 e. The van der Waals surface area contributed by atoms with Crippen molar-refractivity contribution >= 4 is 22.3 Å². The molecule has 0 radical (unpaired) electrons. The molecule has 0 bridgehead atoms. The Balaban J connectivity index is 1.83. The van der Waals surface area contributed by atoms with Crippen LogP contribution in [-0.2, 0) is 15.6 Å². The quantitative estimate of drug-likeness (QED) is 0.199. The van der Waals surface area contributed by atoms with Crippen LogP contribution in [0, 0.1) is 11.3 Å². The molecule has 1 fully saturated rings. The standard InChI is InChI=1S/C27H43BN5O2P/c1-6-7-14-22(15-9-8-10-16-31-36)33-25(30)23(19-29)24(32-33)21-13-11-12-20(17-21)18-28-34-26(2,3)27(4,5)35-28/h11-13,17,22,31H,6-10,14-16,18,30,36H2,1-5H3. The first-order valence-electron chi connectivity index (χ1n) is 13.3. The number of nitrogens with zero attached hydrogens (tertiary/aromatic N) is 3. The SMILES string of the molecule is CCCCC(CCCCCNP)n1nc(-c2cccc(CB3OC(C)(C)C(C)(C)O3)c2)c(C#N)c1N. The lowest BCUT2D eigenvalue weighted by molar-refractivity contribution is 0.00578. The van der Waals surface area contributed by atoms with Gasteiger partial charge in [-0.2, -0.15) is 10.4 Å². The molecule has 1 aliphatic rings. The van der Waals surface area contributed by atoms with Gasteiger partial charge >= 0.3 is 7.12 Å². The molecule has 0 saturated carbocycles. The molecular weight excluding hydrogens is 468 g/mol. The number of anilines is 1. The normalized spacial score (nSPS) is 17.3. The number of nitrogens with one attached hydrogen (secondary N) is 1. The Bertz CT molecular complexity index is 1030. The van der Waals surface area contributed by atoms with Gasteiger partial charge in [-0.15, -0.1) is 0 Å². The van der Waals surface area contributed by atoms with Crippen molar-refractivity contribution in [2.24, 2.45) is 0 Å². The van der Waals surface area contributed by atoms with E-state index in [9.17, 15) is 5.26 Å². The molecule has 0 spiro atoms. The molecule has 1 aromatic heterocycles. The van der Waals surface area contributed by atoms with Crippen molar-refractivity contribution in [2.45, 2.75) is 103 Å². The largest absolute Gasteiger partial charge is 0.462 e. The highest BCUT2D eigenvalue weighted by Gasteiger charge is 2.50. The Kier molecular flexibility index (Phi) is 10.0. The number of benzene rings is 1. The van der Waals surface area contributed by atoms with Crippen LogP contribution in [0.25, 0.3) is 11.3 Å². The van der Waals surface area contributed by atoms with Gasteiger partial charge in [0.2, 0.25) is 0 Å². The summed E-state index contributed by atoms with van der Waals surface area (Å²) >= 11 is 0.